The summed E-state index contributed by atoms with van der Waals surface area (Å²) in [6.07, 6.45) is 0. The zero-order chi connectivity index (χ0) is 17.2. The molecular weight excluding hydrogens is 318 g/mol. The molecule has 128 valence electrons. The highest BCUT2D eigenvalue weighted by molar-refractivity contribution is 5.44. The molecule has 1 aromatic heterocycles. The molecule has 0 aliphatic carbocycles. The fourth-order valence-corrected chi connectivity index (χ4v) is 3.16. The van der Waals surface area contributed by atoms with Crippen LogP contribution in [0.5, 0.6) is 11.5 Å². The summed E-state index contributed by atoms with van der Waals surface area (Å²) in [6, 6.07) is 9.92. The molecule has 2 aliphatic heterocycles. The molecule has 7 nitrogen and oxygen atoms in total. The Bertz CT molecular complexity index is 825. The maximum atomic E-state index is 9.07. The summed E-state index contributed by atoms with van der Waals surface area (Å²) in [6.45, 7) is 6.61. The molecule has 4 rings (SSSR count). The Kier molecular flexibility index (Phi) is 4.12. The smallest absolute Gasteiger partial charge is 0.231 e. The Morgan fingerprint density at radius 3 is 2.68 bits per heavy atom. The number of piperazine rings is 1. The Balaban J connectivity index is 1.38. The highest BCUT2D eigenvalue weighted by atomic mass is 16.7. The number of ether oxygens (including phenoxy) is 2. The van der Waals surface area contributed by atoms with Crippen molar-refractivity contribution in [3.63, 3.8) is 0 Å². The molecule has 25 heavy (non-hydrogen) atoms. The van der Waals surface area contributed by atoms with E-state index in [2.05, 4.69) is 38.0 Å². The number of hydrogen-bond donors (Lipinski definition) is 0. The number of anilines is 1. The quantitative estimate of drug-likeness (QED) is 0.844. The molecule has 0 amide bonds. The van der Waals surface area contributed by atoms with E-state index in [4.69, 9.17) is 14.7 Å². The van der Waals surface area contributed by atoms with Crippen molar-refractivity contribution in [2.75, 3.05) is 37.9 Å². The third kappa shape index (κ3) is 3.35. The third-order valence-electron chi connectivity index (χ3n) is 4.46. The van der Waals surface area contributed by atoms with Gasteiger partial charge in [0.15, 0.2) is 11.5 Å². The van der Waals surface area contributed by atoms with Crippen LogP contribution in [0.25, 0.3) is 0 Å². The summed E-state index contributed by atoms with van der Waals surface area (Å²) in [5, 5.41) is 9.07. The van der Waals surface area contributed by atoms with Crippen molar-refractivity contribution < 1.29 is 9.47 Å². The van der Waals surface area contributed by atoms with E-state index in [1.807, 2.05) is 13.0 Å². The first-order chi connectivity index (χ1) is 12.2. The average Bonchev–Trinajstić information content (AvgIpc) is 3.09. The molecule has 0 bridgehead atoms. The summed E-state index contributed by atoms with van der Waals surface area (Å²) in [5.41, 5.74) is 2.46. The van der Waals surface area contributed by atoms with Gasteiger partial charge in [-0.25, -0.2) is 9.97 Å². The van der Waals surface area contributed by atoms with Crippen molar-refractivity contribution in [2.24, 2.45) is 0 Å². The monoisotopic (exact) mass is 337 g/mol. The SMILES string of the molecule is Cc1cc(C#N)nc(N2CCN(Cc3ccc4c(c3)OCO4)CC2)n1. The number of nitrogens with zero attached hydrogens (tertiary/aromatic N) is 5. The van der Waals surface area contributed by atoms with Crippen LogP contribution in [-0.2, 0) is 6.54 Å². The van der Waals surface area contributed by atoms with Gasteiger partial charge in [0.2, 0.25) is 12.7 Å². The second-order valence-electron chi connectivity index (χ2n) is 6.26. The fraction of sp³-hybridized carbons (Fsp3) is 0.389. The van der Waals surface area contributed by atoms with Crippen molar-refractivity contribution in [3.05, 3.63) is 41.2 Å². The highest BCUT2D eigenvalue weighted by Gasteiger charge is 2.21. The number of aromatic nitrogens is 2. The lowest BCUT2D eigenvalue weighted by atomic mass is 10.1. The first kappa shape index (κ1) is 15.7. The van der Waals surface area contributed by atoms with Gasteiger partial charge >= 0.3 is 0 Å². The molecule has 0 atom stereocenters. The van der Waals surface area contributed by atoms with Crippen LogP contribution in [0.15, 0.2) is 24.3 Å². The molecule has 0 N–H and O–H groups in total. The Labute approximate surface area is 146 Å². The second-order valence-corrected chi connectivity index (χ2v) is 6.26. The van der Waals surface area contributed by atoms with Gasteiger partial charge in [-0.15, -0.1) is 0 Å². The van der Waals surface area contributed by atoms with Gasteiger partial charge < -0.3 is 14.4 Å². The number of hydrogen-bond acceptors (Lipinski definition) is 7. The first-order valence-electron chi connectivity index (χ1n) is 8.33. The van der Waals surface area contributed by atoms with E-state index in [9.17, 15) is 0 Å². The molecule has 3 heterocycles. The number of benzene rings is 1. The molecule has 1 fully saturated rings. The summed E-state index contributed by atoms with van der Waals surface area (Å²) >= 11 is 0. The van der Waals surface area contributed by atoms with Gasteiger partial charge in [0.25, 0.3) is 0 Å². The van der Waals surface area contributed by atoms with Crippen LogP contribution < -0.4 is 14.4 Å². The zero-order valence-electron chi connectivity index (χ0n) is 14.1. The van der Waals surface area contributed by atoms with Crippen LogP contribution in [0.2, 0.25) is 0 Å². The number of fused-ring (bicyclic) bond motifs is 1. The Morgan fingerprint density at radius 2 is 1.88 bits per heavy atom. The van der Waals surface area contributed by atoms with Crippen molar-refractivity contribution in [1.29, 1.82) is 5.26 Å². The molecule has 0 spiro atoms. The van der Waals surface area contributed by atoms with Crippen LogP contribution in [0, 0.1) is 18.3 Å². The standard InChI is InChI=1S/C18H19N5O2/c1-13-8-15(10-19)21-18(20-13)23-6-4-22(5-7-23)11-14-2-3-16-17(9-14)25-12-24-16/h2-3,8-9H,4-7,11-12H2,1H3. The van der Waals surface area contributed by atoms with Crippen LogP contribution in [0.4, 0.5) is 5.95 Å². The minimum Gasteiger partial charge on any atom is -0.454 e. The van der Waals surface area contributed by atoms with E-state index in [1.54, 1.807) is 6.07 Å². The lowest BCUT2D eigenvalue weighted by Gasteiger charge is -2.34. The summed E-state index contributed by atoms with van der Waals surface area (Å²) in [5.74, 6) is 2.30. The topological polar surface area (TPSA) is 74.5 Å². The van der Waals surface area contributed by atoms with Gasteiger partial charge in [-0.2, -0.15) is 5.26 Å². The molecule has 2 aliphatic rings. The van der Waals surface area contributed by atoms with E-state index in [1.165, 1.54) is 5.56 Å². The lowest BCUT2D eigenvalue weighted by Crippen LogP contribution is -2.46. The molecule has 7 heteroatoms. The number of nitriles is 1. The van der Waals surface area contributed by atoms with E-state index in [0.29, 0.717) is 18.4 Å². The minimum absolute atomic E-state index is 0.304. The predicted molar refractivity (Wildman–Crippen MR) is 91.5 cm³/mol. The molecule has 1 saturated heterocycles. The Morgan fingerprint density at radius 1 is 1.08 bits per heavy atom. The van der Waals surface area contributed by atoms with Crippen LogP contribution in [-0.4, -0.2) is 47.8 Å². The van der Waals surface area contributed by atoms with Crippen molar-refractivity contribution in [3.8, 4) is 17.6 Å². The van der Waals surface area contributed by atoms with E-state index in [0.717, 1.165) is 49.9 Å². The van der Waals surface area contributed by atoms with Crippen molar-refractivity contribution in [2.45, 2.75) is 13.5 Å². The van der Waals surface area contributed by atoms with Gasteiger partial charge in [-0.3, -0.25) is 4.90 Å². The van der Waals surface area contributed by atoms with Gasteiger partial charge in [0.05, 0.1) is 0 Å². The third-order valence-corrected chi connectivity index (χ3v) is 4.46. The van der Waals surface area contributed by atoms with E-state index < -0.39 is 0 Å². The van der Waals surface area contributed by atoms with Gasteiger partial charge in [-0.1, -0.05) is 6.07 Å². The maximum Gasteiger partial charge on any atom is 0.231 e. The number of rotatable bonds is 3. The fourth-order valence-electron chi connectivity index (χ4n) is 3.16. The normalized spacial score (nSPS) is 16.7. The average molecular weight is 337 g/mol. The minimum atomic E-state index is 0.304. The summed E-state index contributed by atoms with van der Waals surface area (Å²) in [7, 11) is 0. The lowest BCUT2D eigenvalue weighted by molar-refractivity contribution is 0.174. The van der Waals surface area contributed by atoms with Crippen LogP contribution >= 0.6 is 0 Å². The number of aryl methyl sites for hydroxylation is 1. The summed E-state index contributed by atoms with van der Waals surface area (Å²) in [4.78, 5) is 13.3. The Hall–Kier alpha value is -2.85. The highest BCUT2D eigenvalue weighted by Crippen LogP contribution is 2.32. The molecular formula is C18H19N5O2. The predicted octanol–water partition coefficient (Wildman–Crippen LogP) is 1.71. The molecule has 2 aromatic rings. The van der Waals surface area contributed by atoms with Gasteiger partial charge in [-0.05, 0) is 30.7 Å². The zero-order valence-corrected chi connectivity index (χ0v) is 14.1. The largest absolute Gasteiger partial charge is 0.454 e. The second kappa shape index (κ2) is 6.57. The van der Waals surface area contributed by atoms with Crippen LogP contribution in [0.3, 0.4) is 0 Å². The van der Waals surface area contributed by atoms with E-state index >= 15 is 0 Å². The molecule has 0 radical (unpaired) electrons. The molecule has 0 saturated carbocycles. The molecule has 0 unspecified atom stereocenters. The summed E-state index contributed by atoms with van der Waals surface area (Å²) < 4.78 is 10.8. The first-order valence-corrected chi connectivity index (χ1v) is 8.33. The van der Waals surface area contributed by atoms with Crippen molar-refractivity contribution >= 4 is 5.95 Å². The van der Waals surface area contributed by atoms with Gasteiger partial charge in [0.1, 0.15) is 11.8 Å². The maximum absolute atomic E-state index is 9.07. The molecule has 1 aromatic carbocycles. The van der Waals surface area contributed by atoms with Crippen molar-refractivity contribution in [1.82, 2.24) is 14.9 Å². The van der Waals surface area contributed by atoms with Gasteiger partial charge in [0, 0.05) is 38.4 Å². The van der Waals surface area contributed by atoms with E-state index in [-0.39, 0.29) is 0 Å². The van der Waals surface area contributed by atoms with Crippen LogP contribution in [0.1, 0.15) is 17.0 Å².